The largest absolute Gasteiger partial charge is 0.387 e. The second kappa shape index (κ2) is 9.20. The fourth-order valence-electron chi connectivity index (χ4n) is 3.84. The summed E-state index contributed by atoms with van der Waals surface area (Å²) in [6.07, 6.45) is 0.369. The van der Waals surface area contributed by atoms with Crippen LogP contribution in [-0.4, -0.2) is 51.4 Å². The normalized spacial score (nSPS) is 12.8. The molecule has 8 heteroatoms. The Balaban J connectivity index is 1.31. The van der Waals surface area contributed by atoms with Gasteiger partial charge in [0.2, 0.25) is 10.0 Å². The van der Waals surface area contributed by atoms with Crippen molar-refractivity contribution in [3.63, 3.8) is 0 Å². The van der Waals surface area contributed by atoms with Gasteiger partial charge in [0, 0.05) is 59.9 Å². The van der Waals surface area contributed by atoms with Crippen LogP contribution in [-0.2, 0) is 10.0 Å². The molecular weight excluding hydrogens is 424 g/mol. The van der Waals surface area contributed by atoms with Crippen molar-refractivity contribution in [1.82, 2.24) is 10.3 Å². The minimum Gasteiger partial charge on any atom is -0.387 e. The summed E-state index contributed by atoms with van der Waals surface area (Å²) in [7, 11) is -1.31. The minimum atomic E-state index is -3.35. The summed E-state index contributed by atoms with van der Waals surface area (Å²) in [4.78, 5) is 5.64. The molecule has 0 spiro atoms. The van der Waals surface area contributed by atoms with E-state index < -0.39 is 16.1 Å². The third kappa shape index (κ3) is 5.21. The second-order valence-corrected chi connectivity index (χ2v) is 9.79. The maximum absolute atomic E-state index is 11.4. The van der Waals surface area contributed by atoms with Gasteiger partial charge in [0.25, 0.3) is 0 Å². The fraction of sp³-hybridized carbons (Fsp3) is 0.250. The predicted molar refractivity (Wildman–Crippen MR) is 132 cm³/mol. The lowest BCUT2D eigenvalue weighted by Crippen LogP contribution is -2.31. The molecule has 0 amide bonds. The molecule has 4 rings (SSSR count). The van der Waals surface area contributed by atoms with Crippen molar-refractivity contribution in [2.45, 2.75) is 6.10 Å². The number of anilines is 2. The Morgan fingerprint density at radius 1 is 1.00 bits per heavy atom. The van der Waals surface area contributed by atoms with Gasteiger partial charge in [-0.05, 0) is 35.9 Å². The van der Waals surface area contributed by atoms with E-state index in [2.05, 4.69) is 50.3 Å². The van der Waals surface area contributed by atoms with Gasteiger partial charge in [-0.15, -0.1) is 0 Å². The summed E-state index contributed by atoms with van der Waals surface area (Å²) in [6, 6.07) is 21.5. The highest BCUT2D eigenvalue weighted by Crippen LogP contribution is 2.28. The van der Waals surface area contributed by atoms with Crippen molar-refractivity contribution in [1.29, 1.82) is 0 Å². The third-order valence-corrected chi connectivity index (χ3v) is 6.07. The van der Waals surface area contributed by atoms with Gasteiger partial charge in [0.05, 0.1) is 12.4 Å². The molecular formula is C24H28N4O3S. The lowest BCUT2D eigenvalue weighted by Gasteiger charge is -2.20. The van der Waals surface area contributed by atoms with Crippen molar-refractivity contribution < 1.29 is 13.5 Å². The van der Waals surface area contributed by atoms with Gasteiger partial charge < -0.3 is 20.3 Å². The number of aromatic nitrogens is 1. The molecule has 4 aromatic rings. The highest BCUT2D eigenvalue weighted by Gasteiger charge is 2.10. The van der Waals surface area contributed by atoms with Gasteiger partial charge in [0.1, 0.15) is 0 Å². The molecule has 1 atom stereocenters. The minimum absolute atomic E-state index is 0.372. The monoisotopic (exact) mass is 452 g/mol. The zero-order valence-electron chi connectivity index (χ0n) is 18.2. The number of benzene rings is 3. The van der Waals surface area contributed by atoms with E-state index in [1.165, 1.54) is 10.8 Å². The Bertz CT molecular complexity index is 1330. The first kappa shape index (κ1) is 22.1. The van der Waals surface area contributed by atoms with Gasteiger partial charge >= 0.3 is 0 Å². The van der Waals surface area contributed by atoms with Crippen LogP contribution in [0.4, 0.5) is 11.4 Å². The third-order valence-electron chi connectivity index (χ3n) is 5.47. The fourth-order valence-corrected chi connectivity index (χ4v) is 4.39. The van der Waals surface area contributed by atoms with Crippen LogP contribution in [0.2, 0.25) is 0 Å². The first-order valence-electron chi connectivity index (χ1n) is 10.5. The highest BCUT2D eigenvalue weighted by atomic mass is 32.2. The zero-order valence-corrected chi connectivity index (χ0v) is 19.0. The molecule has 0 radical (unpaired) electrons. The van der Waals surface area contributed by atoms with E-state index in [9.17, 15) is 13.5 Å². The average molecular weight is 453 g/mol. The summed E-state index contributed by atoms with van der Waals surface area (Å²) in [5.41, 5.74) is 4.46. The van der Waals surface area contributed by atoms with E-state index >= 15 is 0 Å². The summed E-state index contributed by atoms with van der Waals surface area (Å²) >= 11 is 0. The SMILES string of the molecule is CN(CCNCC(O)c1cccc(NS(C)(=O)=O)c1)c1ccc2c(c1)[nH]c1ccccc12. The van der Waals surface area contributed by atoms with Crippen molar-refractivity contribution in [2.75, 3.05) is 42.6 Å². The molecule has 0 saturated heterocycles. The van der Waals surface area contributed by atoms with Crippen LogP contribution in [0.3, 0.4) is 0 Å². The van der Waals surface area contributed by atoms with Crippen LogP contribution in [0.15, 0.2) is 66.7 Å². The van der Waals surface area contributed by atoms with Crippen LogP contribution in [0.25, 0.3) is 21.8 Å². The van der Waals surface area contributed by atoms with E-state index in [-0.39, 0.29) is 0 Å². The quantitative estimate of drug-likeness (QED) is 0.292. The van der Waals surface area contributed by atoms with Crippen LogP contribution < -0.4 is 14.9 Å². The number of hydrogen-bond donors (Lipinski definition) is 4. The number of fused-ring (bicyclic) bond motifs is 3. The molecule has 1 unspecified atom stereocenters. The van der Waals surface area contributed by atoms with E-state index in [0.29, 0.717) is 24.3 Å². The number of para-hydroxylation sites is 1. The number of likely N-dealkylation sites (N-methyl/N-ethyl adjacent to an activating group) is 1. The Morgan fingerprint density at radius 3 is 2.59 bits per heavy atom. The number of aromatic amines is 1. The molecule has 3 aromatic carbocycles. The number of H-pyrrole nitrogens is 1. The molecule has 7 nitrogen and oxygen atoms in total. The smallest absolute Gasteiger partial charge is 0.229 e. The van der Waals surface area contributed by atoms with Crippen molar-refractivity contribution in [2.24, 2.45) is 0 Å². The lowest BCUT2D eigenvalue weighted by atomic mass is 10.1. The second-order valence-electron chi connectivity index (χ2n) is 8.04. The number of aliphatic hydroxyl groups is 1. The molecule has 0 aliphatic heterocycles. The molecule has 168 valence electrons. The first-order chi connectivity index (χ1) is 15.3. The number of hydrogen-bond acceptors (Lipinski definition) is 5. The Morgan fingerprint density at radius 2 is 1.78 bits per heavy atom. The summed E-state index contributed by atoms with van der Waals surface area (Å²) in [5, 5.41) is 16.2. The van der Waals surface area contributed by atoms with Crippen LogP contribution >= 0.6 is 0 Å². The molecule has 0 fully saturated rings. The van der Waals surface area contributed by atoms with Gasteiger partial charge in [-0.2, -0.15) is 0 Å². The first-order valence-corrected chi connectivity index (χ1v) is 12.4. The zero-order chi connectivity index (χ0) is 22.7. The van der Waals surface area contributed by atoms with Crippen LogP contribution in [0.5, 0.6) is 0 Å². The van der Waals surface area contributed by atoms with E-state index in [4.69, 9.17) is 0 Å². The number of aliphatic hydroxyl groups excluding tert-OH is 1. The lowest BCUT2D eigenvalue weighted by molar-refractivity contribution is 0.175. The van der Waals surface area contributed by atoms with Crippen molar-refractivity contribution in [3.8, 4) is 0 Å². The van der Waals surface area contributed by atoms with Gasteiger partial charge in [-0.1, -0.05) is 36.4 Å². The highest BCUT2D eigenvalue weighted by molar-refractivity contribution is 7.92. The topological polar surface area (TPSA) is 97.5 Å². The van der Waals surface area contributed by atoms with Crippen LogP contribution in [0.1, 0.15) is 11.7 Å². The standard InChI is InChI=1S/C24H28N4O3S/c1-28(19-10-11-21-20-8-3-4-9-22(20)26-23(21)15-19)13-12-25-16-24(29)17-6-5-7-18(14-17)27-32(2,30)31/h3-11,14-15,24-27,29H,12-13,16H2,1-2H3. The Labute approximate surface area is 188 Å². The maximum Gasteiger partial charge on any atom is 0.229 e. The molecule has 32 heavy (non-hydrogen) atoms. The molecule has 1 aromatic heterocycles. The van der Waals surface area contributed by atoms with E-state index in [0.717, 1.165) is 29.5 Å². The Hall–Kier alpha value is -3.07. The average Bonchev–Trinajstić information content (AvgIpc) is 3.13. The molecule has 0 bridgehead atoms. The van der Waals surface area contributed by atoms with Crippen LogP contribution in [0, 0.1) is 0 Å². The van der Waals surface area contributed by atoms with Gasteiger partial charge in [0.15, 0.2) is 0 Å². The molecule has 4 N–H and O–H groups in total. The predicted octanol–water partition coefficient (Wildman–Crippen LogP) is 3.45. The summed E-state index contributed by atoms with van der Waals surface area (Å²) in [6.45, 7) is 1.84. The van der Waals surface area contributed by atoms with Gasteiger partial charge in [-0.3, -0.25) is 4.72 Å². The Kier molecular flexibility index (Phi) is 6.36. The number of sulfonamides is 1. The summed E-state index contributed by atoms with van der Waals surface area (Å²) in [5.74, 6) is 0. The van der Waals surface area contributed by atoms with Crippen molar-refractivity contribution in [3.05, 3.63) is 72.3 Å². The number of nitrogens with zero attached hydrogens (tertiary/aromatic N) is 1. The van der Waals surface area contributed by atoms with Crippen molar-refractivity contribution >= 4 is 43.2 Å². The molecule has 0 saturated carbocycles. The van der Waals surface area contributed by atoms with E-state index in [1.807, 2.05) is 19.2 Å². The molecule has 0 aliphatic carbocycles. The number of nitrogens with one attached hydrogen (secondary N) is 3. The molecule has 0 aliphatic rings. The van der Waals surface area contributed by atoms with Gasteiger partial charge in [-0.25, -0.2) is 8.42 Å². The summed E-state index contributed by atoms with van der Waals surface area (Å²) < 4.78 is 25.2. The molecule has 1 heterocycles. The van der Waals surface area contributed by atoms with E-state index in [1.54, 1.807) is 24.3 Å². The number of rotatable bonds is 9. The maximum atomic E-state index is 11.4.